The van der Waals surface area contributed by atoms with E-state index in [9.17, 15) is 0 Å². The molecule has 1 heteroatoms. The molecule has 2 aliphatic carbocycles. The first-order valence-corrected chi connectivity index (χ1v) is 23.6. The van der Waals surface area contributed by atoms with Crippen molar-refractivity contribution in [1.82, 2.24) is 0 Å². The standard InChI is InChI=1S/C66H51N/c1-65(2)60-22-11-8-17-54(60)56-42-37-51(43-62(56)65)50-35-40-53(41-36-50)67(63-24-13-10-19-57(63)59-21-14-20-58-55-18-9-12-23-61(55)66(3,4)64(58)59)52-38-33-49(34-39-52)48-31-29-47(30-32-48)46-27-25-45(26-28-46)44-15-6-5-7-16-44/h5-43H,1-4H3. The van der Waals surface area contributed by atoms with Crippen molar-refractivity contribution < 1.29 is 0 Å². The molecule has 0 aromatic heterocycles. The summed E-state index contributed by atoms with van der Waals surface area (Å²) in [6.07, 6.45) is 0. The maximum absolute atomic E-state index is 2.45. The second-order valence-electron chi connectivity index (χ2n) is 19.3. The highest BCUT2D eigenvalue weighted by atomic mass is 15.1. The Labute approximate surface area is 395 Å². The maximum atomic E-state index is 2.45. The van der Waals surface area contributed by atoms with Crippen LogP contribution in [0.4, 0.5) is 17.1 Å². The first kappa shape index (κ1) is 40.5. The number of rotatable bonds is 8. The van der Waals surface area contributed by atoms with Crippen LogP contribution >= 0.6 is 0 Å². The van der Waals surface area contributed by atoms with Crippen LogP contribution in [-0.2, 0) is 10.8 Å². The molecular formula is C66H51N. The number of fused-ring (bicyclic) bond motifs is 6. The highest BCUT2D eigenvalue weighted by Crippen LogP contribution is 2.54. The molecule has 0 spiro atoms. The molecule has 12 rings (SSSR count). The monoisotopic (exact) mass is 857 g/mol. The van der Waals surface area contributed by atoms with Gasteiger partial charge in [-0.3, -0.25) is 0 Å². The van der Waals surface area contributed by atoms with Crippen molar-refractivity contribution in [2.24, 2.45) is 0 Å². The van der Waals surface area contributed by atoms with E-state index in [4.69, 9.17) is 0 Å². The lowest BCUT2D eigenvalue weighted by molar-refractivity contribution is 0.660. The third-order valence-electron chi connectivity index (χ3n) is 14.7. The van der Waals surface area contributed by atoms with Crippen molar-refractivity contribution >= 4 is 17.1 Å². The van der Waals surface area contributed by atoms with E-state index in [2.05, 4.69) is 269 Å². The lowest BCUT2D eigenvalue weighted by Crippen LogP contribution is -2.17. The minimum absolute atomic E-state index is 0.0563. The van der Waals surface area contributed by atoms with Crippen molar-refractivity contribution in [3.63, 3.8) is 0 Å². The van der Waals surface area contributed by atoms with Crippen LogP contribution in [0.2, 0.25) is 0 Å². The summed E-state index contributed by atoms with van der Waals surface area (Å²) in [7, 11) is 0. The van der Waals surface area contributed by atoms with Crippen LogP contribution in [0, 0.1) is 0 Å². The van der Waals surface area contributed by atoms with Gasteiger partial charge in [-0.25, -0.2) is 0 Å². The van der Waals surface area contributed by atoms with Crippen molar-refractivity contribution in [1.29, 1.82) is 0 Å². The lowest BCUT2D eigenvalue weighted by atomic mass is 9.78. The van der Waals surface area contributed by atoms with Gasteiger partial charge in [0.2, 0.25) is 0 Å². The minimum atomic E-state index is -0.156. The molecule has 0 saturated carbocycles. The SMILES string of the molecule is CC1(C)c2ccccc2-c2ccc(-c3ccc(N(c4ccc(-c5ccc(-c6ccc(-c7ccccc7)cc6)cc5)cc4)c4ccccc4-c4cccc5c4C(C)(C)c4ccccc4-5)cc3)cc21. The van der Waals surface area contributed by atoms with Crippen LogP contribution < -0.4 is 4.90 Å². The average Bonchev–Trinajstić information content (AvgIpc) is 3.77. The van der Waals surface area contributed by atoms with Gasteiger partial charge in [0, 0.05) is 27.8 Å². The largest absolute Gasteiger partial charge is 0.310 e. The van der Waals surface area contributed by atoms with Crippen molar-refractivity contribution in [2.75, 3.05) is 4.90 Å². The maximum Gasteiger partial charge on any atom is 0.0540 e. The molecule has 10 aromatic carbocycles. The van der Waals surface area contributed by atoms with Gasteiger partial charge in [-0.05, 0) is 131 Å². The van der Waals surface area contributed by atoms with Crippen LogP contribution in [0.3, 0.4) is 0 Å². The Balaban J connectivity index is 0.921. The molecule has 1 nitrogen and oxygen atoms in total. The Hall–Kier alpha value is -8.00. The zero-order chi connectivity index (χ0) is 45.3. The van der Waals surface area contributed by atoms with Gasteiger partial charge in [-0.2, -0.15) is 0 Å². The summed E-state index contributed by atoms with van der Waals surface area (Å²) in [5.41, 5.74) is 26.2. The molecule has 0 bridgehead atoms. The Morgan fingerprint density at radius 1 is 0.254 bits per heavy atom. The number of nitrogens with zero attached hydrogens (tertiary/aromatic N) is 1. The molecule has 0 aliphatic heterocycles. The van der Waals surface area contributed by atoms with Crippen LogP contribution in [0.25, 0.3) is 77.9 Å². The zero-order valence-corrected chi connectivity index (χ0v) is 38.5. The van der Waals surface area contributed by atoms with Crippen LogP contribution in [0.1, 0.15) is 49.9 Å². The minimum Gasteiger partial charge on any atom is -0.310 e. The van der Waals surface area contributed by atoms with Gasteiger partial charge < -0.3 is 4.90 Å². The van der Waals surface area contributed by atoms with Gasteiger partial charge in [-0.15, -0.1) is 0 Å². The lowest BCUT2D eigenvalue weighted by Gasteiger charge is -2.30. The molecule has 0 saturated heterocycles. The number of hydrogen-bond acceptors (Lipinski definition) is 1. The van der Waals surface area contributed by atoms with Crippen molar-refractivity contribution in [3.8, 4) is 77.9 Å². The predicted molar refractivity (Wildman–Crippen MR) is 283 cm³/mol. The third-order valence-corrected chi connectivity index (χ3v) is 14.7. The molecule has 0 fully saturated rings. The Morgan fingerprint density at radius 2 is 0.612 bits per heavy atom. The normalized spacial score (nSPS) is 13.6. The smallest absolute Gasteiger partial charge is 0.0540 e. The summed E-state index contributed by atoms with van der Waals surface area (Å²) < 4.78 is 0. The van der Waals surface area contributed by atoms with E-state index in [1.165, 1.54) is 100 Å². The highest BCUT2D eigenvalue weighted by Gasteiger charge is 2.38. The fourth-order valence-electron chi connectivity index (χ4n) is 11.2. The average molecular weight is 858 g/mol. The van der Waals surface area contributed by atoms with E-state index in [1.54, 1.807) is 0 Å². The number of para-hydroxylation sites is 1. The molecule has 67 heavy (non-hydrogen) atoms. The molecule has 0 radical (unpaired) electrons. The van der Waals surface area contributed by atoms with Crippen molar-refractivity contribution in [2.45, 2.75) is 38.5 Å². The fraction of sp³-hybridized carbons (Fsp3) is 0.0909. The molecule has 0 N–H and O–H groups in total. The molecule has 10 aromatic rings. The number of anilines is 3. The Kier molecular flexibility index (Phi) is 9.59. The van der Waals surface area contributed by atoms with E-state index >= 15 is 0 Å². The topological polar surface area (TPSA) is 3.24 Å². The molecule has 0 atom stereocenters. The second kappa shape index (κ2) is 15.9. The Bertz CT molecular complexity index is 3460. The molecule has 320 valence electrons. The van der Waals surface area contributed by atoms with E-state index in [0.29, 0.717) is 0 Å². The van der Waals surface area contributed by atoms with Crippen LogP contribution in [0.15, 0.2) is 237 Å². The van der Waals surface area contributed by atoms with Crippen molar-refractivity contribution in [3.05, 3.63) is 259 Å². The first-order valence-electron chi connectivity index (χ1n) is 23.6. The van der Waals surface area contributed by atoms with Crippen LogP contribution in [-0.4, -0.2) is 0 Å². The first-order chi connectivity index (χ1) is 32.7. The third kappa shape index (κ3) is 6.76. The van der Waals surface area contributed by atoms with Gasteiger partial charge in [0.1, 0.15) is 0 Å². The zero-order valence-electron chi connectivity index (χ0n) is 38.5. The van der Waals surface area contributed by atoms with Gasteiger partial charge in [0.05, 0.1) is 5.69 Å². The molecule has 2 aliphatic rings. The summed E-state index contributed by atoms with van der Waals surface area (Å²) in [5.74, 6) is 0. The van der Waals surface area contributed by atoms with E-state index < -0.39 is 0 Å². The number of benzene rings is 10. The van der Waals surface area contributed by atoms with Gasteiger partial charge in [-0.1, -0.05) is 228 Å². The van der Waals surface area contributed by atoms with Gasteiger partial charge in [0.25, 0.3) is 0 Å². The summed E-state index contributed by atoms with van der Waals surface area (Å²) >= 11 is 0. The molecule has 0 heterocycles. The summed E-state index contributed by atoms with van der Waals surface area (Å²) in [6, 6.07) is 87.4. The van der Waals surface area contributed by atoms with E-state index in [1.807, 2.05) is 0 Å². The second-order valence-corrected chi connectivity index (χ2v) is 19.3. The number of hydrogen-bond donors (Lipinski definition) is 0. The molecule has 0 amide bonds. The van der Waals surface area contributed by atoms with Crippen LogP contribution in [0.5, 0.6) is 0 Å². The van der Waals surface area contributed by atoms with E-state index in [-0.39, 0.29) is 10.8 Å². The van der Waals surface area contributed by atoms with Gasteiger partial charge >= 0.3 is 0 Å². The summed E-state index contributed by atoms with van der Waals surface area (Å²) in [4.78, 5) is 2.45. The van der Waals surface area contributed by atoms with Gasteiger partial charge in [0.15, 0.2) is 0 Å². The summed E-state index contributed by atoms with van der Waals surface area (Å²) in [5, 5.41) is 0. The Morgan fingerprint density at radius 3 is 1.16 bits per heavy atom. The highest BCUT2D eigenvalue weighted by molar-refractivity contribution is 5.95. The quantitative estimate of drug-likeness (QED) is 0.147. The predicted octanol–water partition coefficient (Wildman–Crippen LogP) is 18.1. The fourth-order valence-corrected chi connectivity index (χ4v) is 11.2. The molecule has 0 unspecified atom stereocenters. The summed E-state index contributed by atoms with van der Waals surface area (Å²) in [6.45, 7) is 9.47. The van der Waals surface area contributed by atoms with E-state index in [0.717, 1.165) is 17.1 Å². The molecular weight excluding hydrogens is 807 g/mol.